The molecule has 0 aromatic rings. The van der Waals surface area contributed by atoms with E-state index in [1.807, 2.05) is 0 Å². The van der Waals surface area contributed by atoms with Gasteiger partial charge in [-0.15, -0.1) is 0 Å². The SMILES string of the molecule is [CH2-]C(C[CH-]C(C)C)C(C)C.[K+]. The molecule has 0 aliphatic carbocycles. The number of hydrogen-bond donors (Lipinski definition) is 0. The Morgan fingerprint density at radius 3 is 1.91 bits per heavy atom. The zero-order valence-corrected chi connectivity index (χ0v) is 11.8. The van der Waals surface area contributed by atoms with Crippen LogP contribution in [-0.4, -0.2) is 0 Å². The van der Waals surface area contributed by atoms with Crippen LogP contribution in [0.25, 0.3) is 0 Å². The molecule has 0 fully saturated rings. The summed E-state index contributed by atoms with van der Waals surface area (Å²) >= 11 is 0. The Balaban J connectivity index is 0. The van der Waals surface area contributed by atoms with Gasteiger partial charge in [0.15, 0.2) is 0 Å². The van der Waals surface area contributed by atoms with E-state index in [0.717, 1.165) is 12.3 Å². The van der Waals surface area contributed by atoms with Gasteiger partial charge in [-0.05, 0) is 0 Å². The average molecular weight is 179 g/mol. The summed E-state index contributed by atoms with van der Waals surface area (Å²) in [6.45, 7) is 13.0. The minimum absolute atomic E-state index is 0. The summed E-state index contributed by atoms with van der Waals surface area (Å²) in [5.41, 5.74) is 0. The zero-order valence-electron chi connectivity index (χ0n) is 8.72. The number of hydrogen-bond acceptors (Lipinski definition) is 0. The molecule has 0 aliphatic rings. The van der Waals surface area contributed by atoms with E-state index >= 15 is 0 Å². The van der Waals surface area contributed by atoms with E-state index < -0.39 is 0 Å². The fraction of sp³-hybridized carbons (Fsp3) is 0.800. The topological polar surface area (TPSA) is 0 Å². The first-order chi connectivity index (χ1) is 4.54. The Morgan fingerprint density at radius 1 is 1.18 bits per heavy atom. The van der Waals surface area contributed by atoms with Crippen LogP contribution in [0.5, 0.6) is 0 Å². The monoisotopic (exact) mass is 179 g/mol. The van der Waals surface area contributed by atoms with Crippen LogP contribution in [0.1, 0.15) is 34.1 Å². The third-order valence-electron chi connectivity index (χ3n) is 1.85. The second kappa shape index (κ2) is 8.24. The van der Waals surface area contributed by atoms with E-state index in [0.29, 0.717) is 11.8 Å². The first-order valence-electron chi connectivity index (χ1n) is 4.20. The maximum absolute atomic E-state index is 4.08. The molecule has 0 saturated carbocycles. The first-order valence-corrected chi connectivity index (χ1v) is 4.20. The quantitative estimate of drug-likeness (QED) is 0.431. The molecule has 0 nitrogen and oxygen atoms in total. The maximum atomic E-state index is 4.08. The summed E-state index contributed by atoms with van der Waals surface area (Å²) in [5, 5.41) is 0. The van der Waals surface area contributed by atoms with E-state index in [1.54, 1.807) is 0 Å². The predicted octanol–water partition coefficient (Wildman–Crippen LogP) is 0.347. The molecule has 0 aromatic heterocycles. The summed E-state index contributed by atoms with van der Waals surface area (Å²) in [5.74, 6) is 2.03. The van der Waals surface area contributed by atoms with Gasteiger partial charge in [0.05, 0.1) is 0 Å². The van der Waals surface area contributed by atoms with Crippen LogP contribution >= 0.6 is 0 Å². The van der Waals surface area contributed by atoms with Gasteiger partial charge in [-0.25, -0.2) is 6.42 Å². The van der Waals surface area contributed by atoms with Crippen LogP contribution < -0.4 is 51.4 Å². The van der Waals surface area contributed by atoms with E-state index in [-0.39, 0.29) is 51.4 Å². The molecule has 1 unspecified atom stereocenters. The van der Waals surface area contributed by atoms with Crippen molar-refractivity contribution in [1.82, 2.24) is 0 Å². The summed E-state index contributed by atoms with van der Waals surface area (Å²) in [6, 6.07) is 0. The summed E-state index contributed by atoms with van der Waals surface area (Å²) in [4.78, 5) is 0. The molecular formula is C10H20K-. The Kier molecular flexibility index (Phi) is 11.3. The first kappa shape index (κ1) is 15.1. The van der Waals surface area contributed by atoms with Gasteiger partial charge in [0.1, 0.15) is 0 Å². The molecule has 0 N–H and O–H groups in total. The molecule has 1 heteroatoms. The molecule has 0 aromatic carbocycles. The van der Waals surface area contributed by atoms with Crippen LogP contribution in [0, 0.1) is 31.1 Å². The molecule has 0 saturated heterocycles. The van der Waals surface area contributed by atoms with Gasteiger partial charge in [0.2, 0.25) is 0 Å². The standard InChI is InChI=1S/C10H20.K/c1-8(2)6-7-10(5)9(3)4;/h6,8-10H,5,7H2,1-4H3;/q-2;+1. The van der Waals surface area contributed by atoms with Crippen molar-refractivity contribution in [1.29, 1.82) is 0 Å². The minimum Gasteiger partial charge on any atom is -0.342 e. The fourth-order valence-corrected chi connectivity index (χ4v) is 0.719. The predicted molar refractivity (Wildman–Crippen MR) is 47.4 cm³/mol. The summed E-state index contributed by atoms with van der Waals surface area (Å²) in [7, 11) is 0. The van der Waals surface area contributed by atoms with Gasteiger partial charge in [-0.3, -0.25) is 0 Å². The molecule has 0 radical (unpaired) electrons. The van der Waals surface area contributed by atoms with Crippen molar-refractivity contribution in [3.8, 4) is 0 Å². The van der Waals surface area contributed by atoms with Crippen LogP contribution in [0.2, 0.25) is 0 Å². The van der Waals surface area contributed by atoms with Crippen molar-refractivity contribution in [2.24, 2.45) is 17.8 Å². The van der Waals surface area contributed by atoms with Crippen LogP contribution in [0.4, 0.5) is 0 Å². The minimum atomic E-state index is 0. The van der Waals surface area contributed by atoms with Crippen LogP contribution in [-0.2, 0) is 0 Å². The van der Waals surface area contributed by atoms with E-state index in [9.17, 15) is 0 Å². The van der Waals surface area contributed by atoms with Crippen molar-refractivity contribution in [2.75, 3.05) is 0 Å². The second-order valence-corrected chi connectivity index (χ2v) is 3.72. The van der Waals surface area contributed by atoms with Crippen molar-refractivity contribution >= 4 is 0 Å². The molecular weight excluding hydrogens is 159 g/mol. The third-order valence-corrected chi connectivity index (χ3v) is 1.85. The third kappa shape index (κ3) is 9.55. The Morgan fingerprint density at radius 2 is 1.64 bits per heavy atom. The number of rotatable bonds is 4. The Labute approximate surface area is 115 Å². The molecule has 1 atom stereocenters. The van der Waals surface area contributed by atoms with E-state index in [1.165, 1.54) is 0 Å². The van der Waals surface area contributed by atoms with Gasteiger partial charge in [-0.2, -0.15) is 11.8 Å². The Bertz CT molecular complexity index is 76.9. The van der Waals surface area contributed by atoms with E-state index in [2.05, 4.69) is 41.0 Å². The molecule has 62 valence electrons. The molecule has 0 amide bonds. The van der Waals surface area contributed by atoms with Gasteiger partial charge in [-0.1, -0.05) is 33.6 Å². The maximum Gasteiger partial charge on any atom is 1.00 e. The van der Waals surface area contributed by atoms with Crippen LogP contribution in [0.3, 0.4) is 0 Å². The van der Waals surface area contributed by atoms with Crippen molar-refractivity contribution in [2.45, 2.75) is 34.1 Å². The van der Waals surface area contributed by atoms with Crippen LogP contribution in [0.15, 0.2) is 0 Å². The molecule has 0 heterocycles. The zero-order chi connectivity index (χ0) is 8.15. The Hall–Kier alpha value is 1.64. The normalized spacial score (nSPS) is 13.4. The summed E-state index contributed by atoms with van der Waals surface area (Å²) in [6.07, 6.45) is 3.51. The largest absolute Gasteiger partial charge is 1.00 e. The molecule has 0 spiro atoms. The summed E-state index contributed by atoms with van der Waals surface area (Å²) < 4.78 is 0. The smallest absolute Gasteiger partial charge is 0.342 e. The van der Waals surface area contributed by atoms with Gasteiger partial charge < -0.3 is 13.3 Å². The molecule has 0 rings (SSSR count). The van der Waals surface area contributed by atoms with Crippen molar-refractivity contribution < 1.29 is 51.4 Å². The van der Waals surface area contributed by atoms with Gasteiger partial charge in [0.25, 0.3) is 0 Å². The average Bonchev–Trinajstić information content (AvgIpc) is 1.82. The second-order valence-electron chi connectivity index (χ2n) is 3.72. The van der Waals surface area contributed by atoms with E-state index in [4.69, 9.17) is 0 Å². The van der Waals surface area contributed by atoms with Gasteiger partial charge in [0, 0.05) is 0 Å². The van der Waals surface area contributed by atoms with Crippen molar-refractivity contribution in [3.05, 3.63) is 13.3 Å². The fourth-order valence-electron chi connectivity index (χ4n) is 0.719. The molecule has 0 bridgehead atoms. The molecule has 0 aliphatic heterocycles. The molecule has 11 heavy (non-hydrogen) atoms. The van der Waals surface area contributed by atoms with Crippen molar-refractivity contribution in [3.63, 3.8) is 0 Å². The van der Waals surface area contributed by atoms with Gasteiger partial charge >= 0.3 is 51.4 Å².